The number of pyridine rings is 1. The van der Waals surface area contributed by atoms with Crippen molar-refractivity contribution < 1.29 is 4.39 Å². The molecule has 0 N–H and O–H groups in total. The Bertz CT molecular complexity index is 901. The molecule has 25 heavy (non-hydrogen) atoms. The first-order valence-electron chi connectivity index (χ1n) is 8.91. The van der Waals surface area contributed by atoms with E-state index in [2.05, 4.69) is 23.0 Å². The third-order valence-corrected chi connectivity index (χ3v) is 6.16. The molecule has 2 aromatic heterocycles. The van der Waals surface area contributed by atoms with E-state index in [1.54, 1.807) is 0 Å². The number of nitriles is 1. The summed E-state index contributed by atoms with van der Waals surface area (Å²) in [5.74, 6) is 1.14. The summed E-state index contributed by atoms with van der Waals surface area (Å²) in [6.07, 6.45) is 2.89. The van der Waals surface area contributed by atoms with Gasteiger partial charge in [-0.1, -0.05) is 11.6 Å². The van der Waals surface area contributed by atoms with Crippen LogP contribution in [0.3, 0.4) is 0 Å². The minimum atomic E-state index is -0.467. The highest BCUT2D eigenvalue weighted by atomic mass is 35.5. The number of hydrogen-bond donors (Lipinski definition) is 0. The van der Waals surface area contributed by atoms with Gasteiger partial charge in [0.15, 0.2) is 11.0 Å². The lowest BCUT2D eigenvalue weighted by Crippen LogP contribution is -2.18. The van der Waals surface area contributed by atoms with E-state index in [1.165, 1.54) is 0 Å². The number of likely N-dealkylation sites (tertiary alicyclic amines) is 1. The zero-order valence-corrected chi connectivity index (χ0v) is 14.8. The van der Waals surface area contributed by atoms with E-state index in [-0.39, 0.29) is 11.2 Å². The van der Waals surface area contributed by atoms with E-state index >= 15 is 0 Å². The van der Waals surface area contributed by atoms with Gasteiger partial charge >= 0.3 is 0 Å². The number of aryl methyl sites for hydroxylation is 1. The minimum absolute atomic E-state index is 0.107. The molecule has 0 radical (unpaired) electrons. The summed E-state index contributed by atoms with van der Waals surface area (Å²) < 4.78 is 16.7. The van der Waals surface area contributed by atoms with Crippen molar-refractivity contribution in [3.8, 4) is 6.07 Å². The van der Waals surface area contributed by atoms with Gasteiger partial charge in [0.2, 0.25) is 0 Å². The summed E-state index contributed by atoms with van der Waals surface area (Å²) >= 11 is 6.07. The van der Waals surface area contributed by atoms with Crippen LogP contribution in [-0.2, 0) is 6.42 Å². The summed E-state index contributed by atoms with van der Waals surface area (Å²) in [6, 6.07) is 2.43. The van der Waals surface area contributed by atoms with Gasteiger partial charge in [0.05, 0.1) is 23.5 Å². The fourth-order valence-electron chi connectivity index (χ4n) is 4.58. The largest absolute Gasteiger partial charge is 0.306 e. The second-order valence-electron chi connectivity index (χ2n) is 7.68. The molecule has 0 spiro atoms. The summed E-state index contributed by atoms with van der Waals surface area (Å²) in [4.78, 5) is 6.63. The van der Waals surface area contributed by atoms with Gasteiger partial charge in [-0.05, 0) is 31.7 Å². The van der Waals surface area contributed by atoms with Crippen LogP contribution in [0.25, 0.3) is 10.9 Å². The Morgan fingerprint density at radius 3 is 2.68 bits per heavy atom. The zero-order chi connectivity index (χ0) is 17.3. The number of rotatable bonds is 4. The van der Waals surface area contributed by atoms with E-state index in [4.69, 9.17) is 22.0 Å². The van der Waals surface area contributed by atoms with E-state index in [1.807, 2.05) is 4.68 Å². The van der Waals surface area contributed by atoms with Crippen LogP contribution >= 0.6 is 11.6 Å². The Labute approximate surface area is 150 Å². The molecule has 1 unspecified atom stereocenters. The van der Waals surface area contributed by atoms with Crippen molar-refractivity contribution >= 4 is 22.5 Å². The molecule has 5 rings (SSSR count). The minimum Gasteiger partial charge on any atom is -0.306 e. The van der Waals surface area contributed by atoms with Crippen LogP contribution in [0.5, 0.6) is 0 Å². The van der Waals surface area contributed by atoms with Crippen molar-refractivity contribution in [2.24, 2.45) is 11.8 Å². The maximum Gasteiger partial charge on any atom is 0.186 e. The fraction of sp³-hybridized carbons (Fsp3) is 0.611. The lowest BCUT2D eigenvalue weighted by Gasteiger charge is -2.12. The van der Waals surface area contributed by atoms with Gasteiger partial charge in [0.1, 0.15) is 5.52 Å². The normalized spacial score (nSPS) is 28.3. The first-order valence-corrected chi connectivity index (χ1v) is 9.29. The third-order valence-electron chi connectivity index (χ3n) is 5.91. The number of nitrogens with zero attached hydrogens (tertiary/aromatic N) is 5. The molecule has 0 amide bonds. The maximum atomic E-state index is 14.9. The average molecular weight is 360 g/mol. The Morgan fingerprint density at radius 1 is 1.32 bits per heavy atom. The highest BCUT2D eigenvalue weighted by Crippen LogP contribution is 2.59. The summed E-state index contributed by atoms with van der Waals surface area (Å²) in [7, 11) is 2.14. The molecule has 5 nitrogen and oxygen atoms in total. The molecule has 2 aliphatic carbocycles. The Morgan fingerprint density at radius 2 is 2.04 bits per heavy atom. The monoisotopic (exact) mass is 359 g/mol. The van der Waals surface area contributed by atoms with Crippen LogP contribution in [0.1, 0.15) is 42.6 Å². The molecule has 3 heterocycles. The predicted octanol–water partition coefficient (Wildman–Crippen LogP) is 3.29. The average Bonchev–Trinajstić information content (AvgIpc) is 3.47. The summed E-state index contributed by atoms with van der Waals surface area (Å²) in [5, 5.41) is 14.6. The first kappa shape index (κ1) is 15.5. The number of piperidine rings is 1. The van der Waals surface area contributed by atoms with Crippen LogP contribution in [0.4, 0.5) is 4.39 Å². The molecule has 3 fully saturated rings. The summed E-state index contributed by atoms with van der Waals surface area (Å²) in [5.41, 5.74) is 2.22. The van der Waals surface area contributed by atoms with E-state index in [0.717, 1.165) is 42.7 Å². The maximum absolute atomic E-state index is 14.9. The van der Waals surface area contributed by atoms with Gasteiger partial charge < -0.3 is 4.90 Å². The lowest BCUT2D eigenvalue weighted by atomic mass is 10.0. The van der Waals surface area contributed by atoms with Crippen LogP contribution in [0.15, 0.2) is 0 Å². The molecule has 2 saturated carbocycles. The Hall–Kier alpha value is -1.71. The number of halogens is 2. The molecule has 3 aliphatic rings. The van der Waals surface area contributed by atoms with Crippen LogP contribution < -0.4 is 0 Å². The molecule has 0 aromatic carbocycles. The van der Waals surface area contributed by atoms with Gasteiger partial charge in [-0.2, -0.15) is 10.4 Å². The Kier molecular flexibility index (Phi) is 3.35. The predicted molar refractivity (Wildman–Crippen MR) is 91.9 cm³/mol. The van der Waals surface area contributed by atoms with E-state index in [9.17, 15) is 4.39 Å². The van der Waals surface area contributed by atoms with Gasteiger partial charge in [-0.25, -0.2) is 9.37 Å². The summed E-state index contributed by atoms with van der Waals surface area (Å²) in [6.45, 7) is 2.15. The molecule has 3 atom stereocenters. The smallest absolute Gasteiger partial charge is 0.186 e. The van der Waals surface area contributed by atoms with Gasteiger partial charge in [0.25, 0.3) is 0 Å². The second kappa shape index (κ2) is 5.39. The fourth-order valence-corrected chi connectivity index (χ4v) is 4.77. The highest BCUT2D eigenvalue weighted by molar-refractivity contribution is 6.30. The van der Waals surface area contributed by atoms with Crippen molar-refractivity contribution in [3.63, 3.8) is 0 Å². The van der Waals surface area contributed by atoms with Crippen LogP contribution in [0, 0.1) is 29.0 Å². The van der Waals surface area contributed by atoms with Crippen molar-refractivity contribution in [2.45, 2.75) is 37.6 Å². The van der Waals surface area contributed by atoms with Gasteiger partial charge in [0, 0.05) is 37.2 Å². The molecule has 2 aromatic rings. The molecule has 130 valence electrons. The van der Waals surface area contributed by atoms with Crippen LogP contribution in [0.2, 0.25) is 5.15 Å². The standard InChI is InChI=1S/C18H19ClFN5/c1-24-7-10-11(8-24)13(10)16-14-12(3-2-6-21)22-18(19)15(20)17(14)25(23-16)9-4-5-9/h9-11,13H,2-5,7-8H2,1H3/t10-,11+,13?. The molecule has 0 bridgehead atoms. The molecular formula is C18H19ClFN5. The molecule has 7 heteroatoms. The number of fused-ring (bicyclic) bond motifs is 2. The second-order valence-corrected chi connectivity index (χ2v) is 8.04. The molecular weight excluding hydrogens is 341 g/mol. The molecule has 1 aliphatic heterocycles. The number of hydrogen-bond acceptors (Lipinski definition) is 4. The van der Waals surface area contributed by atoms with E-state index < -0.39 is 5.82 Å². The van der Waals surface area contributed by atoms with Gasteiger partial charge in [-0.15, -0.1) is 0 Å². The SMILES string of the molecule is CN1C[C@@H]2C(c3nn(C4CC4)c4c(F)c(Cl)nc(CCC#N)c34)[C@@H]2C1. The number of aromatic nitrogens is 3. The van der Waals surface area contributed by atoms with Crippen molar-refractivity contribution in [2.75, 3.05) is 20.1 Å². The zero-order valence-electron chi connectivity index (χ0n) is 14.0. The highest BCUT2D eigenvalue weighted by Gasteiger charge is 2.57. The van der Waals surface area contributed by atoms with E-state index in [0.29, 0.717) is 36.1 Å². The van der Waals surface area contributed by atoms with Crippen LogP contribution in [-0.4, -0.2) is 39.8 Å². The van der Waals surface area contributed by atoms with Crippen molar-refractivity contribution in [3.05, 3.63) is 22.4 Å². The topological polar surface area (TPSA) is 57.7 Å². The molecule has 1 saturated heterocycles. The van der Waals surface area contributed by atoms with Crippen molar-refractivity contribution in [1.82, 2.24) is 19.7 Å². The first-order chi connectivity index (χ1) is 12.1. The quantitative estimate of drug-likeness (QED) is 0.786. The lowest BCUT2D eigenvalue weighted by molar-refractivity contribution is 0.361. The van der Waals surface area contributed by atoms with Crippen molar-refractivity contribution in [1.29, 1.82) is 5.26 Å². The van der Waals surface area contributed by atoms with Gasteiger partial charge in [-0.3, -0.25) is 4.68 Å². The third kappa shape index (κ3) is 2.29. The Balaban J connectivity index is 1.69.